The Kier molecular flexibility index (Phi) is 3.28. The number of aryl methyl sites for hydroxylation is 1. The van der Waals surface area contributed by atoms with Gasteiger partial charge in [-0.25, -0.2) is 9.97 Å². The Labute approximate surface area is 105 Å². The summed E-state index contributed by atoms with van der Waals surface area (Å²) in [6.45, 7) is 4.19. The Morgan fingerprint density at radius 3 is 2.53 bits per heavy atom. The van der Waals surface area contributed by atoms with Gasteiger partial charge in [0.15, 0.2) is 0 Å². The number of anilines is 2. The van der Waals surface area contributed by atoms with Crippen molar-refractivity contribution in [2.45, 2.75) is 19.8 Å². The Bertz CT molecular complexity index is 503. The normalized spacial score (nSPS) is 10.9. The highest BCUT2D eigenvalue weighted by Crippen LogP contribution is 2.24. The number of aromatic nitrogens is 4. The maximum absolute atomic E-state index is 5.73. The van der Waals surface area contributed by atoms with E-state index in [0.29, 0.717) is 16.9 Å². The average molecular weight is 252 g/mol. The van der Waals surface area contributed by atoms with Crippen LogP contribution in [0.5, 0.6) is 0 Å². The van der Waals surface area contributed by atoms with Gasteiger partial charge in [-0.05, 0) is 5.92 Å². The van der Waals surface area contributed by atoms with E-state index in [1.165, 1.54) is 0 Å². The van der Waals surface area contributed by atoms with Crippen LogP contribution in [0.2, 0.25) is 5.02 Å². The Hall–Kier alpha value is -1.62. The number of hydrogen-bond donors (Lipinski definition) is 1. The fourth-order valence-electron chi connectivity index (χ4n) is 1.53. The van der Waals surface area contributed by atoms with Gasteiger partial charge in [-0.3, -0.25) is 4.68 Å². The van der Waals surface area contributed by atoms with Crippen LogP contribution in [0.15, 0.2) is 18.6 Å². The molecule has 0 atom stereocenters. The molecule has 0 spiro atoms. The lowest BCUT2D eigenvalue weighted by atomic mass is 10.1. The summed E-state index contributed by atoms with van der Waals surface area (Å²) in [7, 11) is 1.89. The van der Waals surface area contributed by atoms with Crippen molar-refractivity contribution < 1.29 is 0 Å². The summed E-state index contributed by atoms with van der Waals surface area (Å²) in [6, 6.07) is 0. The topological polar surface area (TPSA) is 55.6 Å². The summed E-state index contributed by atoms with van der Waals surface area (Å²) < 4.78 is 1.77. The summed E-state index contributed by atoms with van der Waals surface area (Å²) in [4.78, 5) is 8.18. The highest BCUT2D eigenvalue weighted by Gasteiger charge is 2.12. The molecule has 0 radical (unpaired) electrons. The second kappa shape index (κ2) is 4.71. The molecule has 2 heterocycles. The van der Waals surface area contributed by atoms with Gasteiger partial charge < -0.3 is 5.32 Å². The Balaban J connectivity index is 2.26. The van der Waals surface area contributed by atoms with Crippen LogP contribution in [-0.2, 0) is 7.05 Å². The molecule has 5 nitrogen and oxygen atoms in total. The third-order valence-corrected chi connectivity index (χ3v) is 2.47. The molecule has 2 aromatic rings. The first-order valence-electron chi connectivity index (χ1n) is 5.34. The van der Waals surface area contributed by atoms with E-state index < -0.39 is 0 Å². The van der Waals surface area contributed by atoms with Crippen LogP contribution in [0.1, 0.15) is 25.5 Å². The lowest BCUT2D eigenvalue weighted by molar-refractivity contribution is 0.713. The van der Waals surface area contributed by atoms with Crippen LogP contribution in [0.3, 0.4) is 0 Å². The monoisotopic (exact) mass is 251 g/mol. The lowest BCUT2D eigenvalue weighted by Crippen LogP contribution is -1.99. The molecule has 17 heavy (non-hydrogen) atoms. The van der Waals surface area contributed by atoms with Gasteiger partial charge in [0.05, 0.1) is 28.8 Å². The molecular weight excluding hydrogens is 238 g/mol. The van der Waals surface area contributed by atoms with Gasteiger partial charge in [0.2, 0.25) is 5.95 Å². The molecule has 0 unspecified atom stereocenters. The minimum absolute atomic E-state index is 0.339. The molecule has 0 aliphatic carbocycles. The van der Waals surface area contributed by atoms with Crippen molar-refractivity contribution in [2.75, 3.05) is 5.32 Å². The van der Waals surface area contributed by atoms with E-state index in [1.807, 2.05) is 13.2 Å². The van der Waals surface area contributed by atoms with Crippen molar-refractivity contribution in [2.24, 2.45) is 7.05 Å². The summed E-state index contributed by atoms with van der Waals surface area (Å²) in [5, 5.41) is 8.05. The molecule has 0 aromatic carbocycles. The molecule has 0 saturated carbocycles. The van der Waals surface area contributed by atoms with Crippen LogP contribution >= 0.6 is 11.6 Å². The van der Waals surface area contributed by atoms with Crippen LogP contribution in [0.25, 0.3) is 0 Å². The van der Waals surface area contributed by atoms with Gasteiger partial charge in [0.1, 0.15) is 0 Å². The maximum Gasteiger partial charge on any atom is 0.227 e. The van der Waals surface area contributed by atoms with Crippen molar-refractivity contribution in [1.82, 2.24) is 19.7 Å². The number of halogens is 1. The Morgan fingerprint density at radius 2 is 1.94 bits per heavy atom. The molecule has 0 bridgehead atoms. The summed E-state index contributed by atoms with van der Waals surface area (Å²) >= 11 is 5.73. The summed E-state index contributed by atoms with van der Waals surface area (Å²) in [5.74, 6) is 0.857. The van der Waals surface area contributed by atoms with Crippen molar-refractivity contribution in [3.63, 3.8) is 0 Å². The molecule has 0 amide bonds. The van der Waals surface area contributed by atoms with Crippen molar-refractivity contribution in [3.05, 3.63) is 29.3 Å². The molecule has 0 aliphatic rings. The van der Waals surface area contributed by atoms with Gasteiger partial charge in [0.25, 0.3) is 0 Å². The maximum atomic E-state index is 5.73. The van der Waals surface area contributed by atoms with E-state index in [-0.39, 0.29) is 0 Å². The van der Waals surface area contributed by atoms with Crippen LogP contribution in [-0.4, -0.2) is 19.7 Å². The van der Waals surface area contributed by atoms with Crippen LogP contribution in [0.4, 0.5) is 11.6 Å². The van der Waals surface area contributed by atoms with Gasteiger partial charge in [-0.1, -0.05) is 25.4 Å². The molecule has 1 N–H and O–H groups in total. The predicted octanol–water partition coefficient (Wildman–Crippen LogP) is 2.73. The molecule has 0 saturated heterocycles. The highest BCUT2D eigenvalue weighted by molar-refractivity contribution is 6.30. The van der Waals surface area contributed by atoms with E-state index in [2.05, 4.69) is 34.2 Å². The van der Waals surface area contributed by atoms with Gasteiger partial charge in [-0.15, -0.1) is 0 Å². The summed E-state index contributed by atoms with van der Waals surface area (Å²) in [5.41, 5.74) is 1.91. The predicted molar refractivity (Wildman–Crippen MR) is 67.6 cm³/mol. The second-order valence-corrected chi connectivity index (χ2v) is 4.54. The lowest BCUT2D eigenvalue weighted by Gasteiger charge is -2.06. The standard InChI is InChI=1S/C11H14ClN5/c1-7(2)10-9(6-17(3)16-10)15-11-13-4-8(12)5-14-11/h4-7H,1-3H3,(H,13,14,15). The van der Waals surface area contributed by atoms with Gasteiger partial charge in [-0.2, -0.15) is 5.10 Å². The molecule has 90 valence electrons. The smallest absolute Gasteiger partial charge is 0.227 e. The first kappa shape index (κ1) is 11.9. The van der Waals surface area contributed by atoms with E-state index in [4.69, 9.17) is 11.6 Å². The number of nitrogens with one attached hydrogen (secondary N) is 1. The number of hydrogen-bond acceptors (Lipinski definition) is 4. The minimum atomic E-state index is 0.339. The number of nitrogens with zero attached hydrogens (tertiary/aromatic N) is 4. The zero-order chi connectivity index (χ0) is 12.4. The average Bonchev–Trinajstić information content (AvgIpc) is 2.63. The van der Waals surface area contributed by atoms with Gasteiger partial charge >= 0.3 is 0 Å². The van der Waals surface area contributed by atoms with E-state index >= 15 is 0 Å². The molecule has 2 aromatic heterocycles. The molecule has 0 aliphatic heterocycles. The van der Waals surface area contributed by atoms with Crippen LogP contribution < -0.4 is 5.32 Å². The molecule has 6 heteroatoms. The Morgan fingerprint density at radius 1 is 1.29 bits per heavy atom. The van der Waals surface area contributed by atoms with E-state index in [9.17, 15) is 0 Å². The molecule has 2 rings (SSSR count). The largest absolute Gasteiger partial charge is 0.321 e. The third-order valence-electron chi connectivity index (χ3n) is 2.27. The van der Waals surface area contributed by atoms with Crippen molar-refractivity contribution >= 4 is 23.2 Å². The zero-order valence-corrected chi connectivity index (χ0v) is 10.7. The SMILES string of the molecule is CC(C)c1nn(C)cc1Nc1ncc(Cl)cn1. The highest BCUT2D eigenvalue weighted by atomic mass is 35.5. The number of rotatable bonds is 3. The fourth-order valence-corrected chi connectivity index (χ4v) is 1.62. The van der Waals surface area contributed by atoms with Gasteiger partial charge in [0, 0.05) is 13.2 Å². The third kappa shape index (κ3) is 2.74. The first-order chi connectivity index (χ1) is 8.06. The molecule has 0 fully saturated rings. The van der Waals surface area contributed by atoms with Crippen molar-refractivity contribution in [1.29, 1.82) is 0 Å². The quantitative estimate of drug-likeness (QED) is 0.911. The van der Waals surface area contributed by atoms with Crippen molar-refractivity contribution in [3.8, 4) is 0 Å². The van der Waals surface area contributed by atoms with E-state index in [1.54, 1.807) is 17.1 Å². The summed E-state index contributed by atoms with van der Waals surface area (Å²) in [6.07, 6.45) is 5.03. The fraction of sp³-hybridized carbons (Fsp3) is 0.364. The molecular formula is C11H14ClN5. The minimum Gasteiger partial charge on any atom is -0.321 e. The van der Waals surface area contributed by atoms with E-state index in [0.717, 1.165) is 11.4 Å². The first-order valence-corrected chi connectivity index (χ1v) is 5.72. The second-order valence-electron chi connectivity index (χ2n) is 4.11. The zero-order valence-electron chi connectivity index (χ0n) is 9.98. The van der Waals surface area contributed by atoms with Crippen LogP contribution in [0, 0.1) is 0 Å².